The van der Waals surface area contributed by atoms with E-state index in [2.05, 4.69) is 12.1 Å². The van der Waals surface area contributed by atoms with Gasteiger partial charge in [0.1, 0.15) is 19.0 Å². The van der Waals surface area contributed by atoms with Gasteiger partial charge in [-0.15, -0.1) is 0 Å². The first kappa shape index (κ1) is 21.4. The van der Waals surface area contributed by atoms with Gasteiger partial charge in [0.15, 0.2) is 6.04 Å². The summed E-state index contributed by atoms with van der Waals surface area (Å²) in [6.45, 7) is 1.87. The van der Waals surface area contributed by atoms with Gasteiger partial charge in [0, 0.05) is 13.0 Å². The Hall–Kier alpha value is -3.80. The van der Waals surface area contributed by atoms with Crippen LogP contribution in [0.25, 0.3) is 11.1 Å². The molecule has 0 fully saturated rings. The van der Waals surface area contributed by atoms with E-state index in [0.29, 0.717) is 5.75 Å². The van der Waals surface area contributed by atoms with Gasteiger partial charge in [-0.3, -0.25) is 4.90 Å². The van der Waals surface area contributed by atoms with Crippen LogP contribution in [0.15, 0.2) is 72.8 Å². The molecule has 1 N–H and O–H groups in total. The molecule has 1 aliphatic carbocycles. The predicted molar refractivity (Wildman–Crippen MR) is 121 cm³/mol. The SMILES string of the molecule is Cc1cccc(OCC(C(=O)O)N(C)C(=O)OCC2c3ccccc3-c3ccccc32)c1. The van der Waals surface area contributed by atoms with Crippen molar-refractivity contribution in [2.75, 3.05) is 20.3 Å². The number of fused-ring (bicyclic) bond motifs is 3. The molecule has 4 rings (SSSR count). The lowest BCUT2D eigenvalue weighted by Gasteiger charge is -2.25. The number of ether oxygens (including phenoxy) is 2. The topological polar surface area (TPSA) is 76.1 Å². The van der Waals surface area contributed by atoms with Crippen LogP contribution in [-0.2, 0) is 9.53 Å². The van der Waals surface area contributed by atoms with Gasteiger partial charge >= 0.3 is 12.1 Å². The van der Waals surface area contributed by atoms with Gasteiger partial charge in [0.25, 0.3) is 0 Å². The quantitative estimate of drug-likeness (QED) is 0.586. The van der Waals surface area contributed by atoms with Crippen molar-refractivity contribution in [2.24, 2.45) is 0 Å². The number of carbonyl (C=O) groups is 2. The average molecular weight is 431 g/mol. The van der Waals surface area contributed by atoms with Crippen molar-refractivity contribution in [3.05, 3.63) is 89.5 Å². The minimum Gasteiger partial charge on any atom is -0.491 e. The van der Waals surface area contributed by atoms with E-state index in [0.717, 1.165) is 32.7 Å². The Morgan fingerprint density at radius 2 is 1.59 bits per heavy atom. The first-order valence-electron chi connectivity index (χ1n) is 10.5. The van der Waals surface area contributed by atoms with Crippen LogP contribution in [0.3, 0.4) is 0 Å². The van der Waals surface area contributed by atoms with Crippen LogP contribution in [0.5, 0.6) is 5.75 Å². The van der Waals surface area contributed by atoms with E-state index in [1.165, 1.54) is 7.05 Å². The summed E-state index contributed by atoms with van der Waals surface area (Å²) < 4.78 is 11.2. The van der Waals surface area contributed by atoms with Gasteiger partial charge in [0.05, 0.1) is 0 Å². The number of likely N-dealkylation sites (N-methyl/N-ethyl adjacent to an activating group) is 1. The number of hydrogen-bond acceptors (Lipinski definition) is 4. The Morgan fingerprint density at radius 1 is 0.969 bits per heavy atom. The molecule has 0 aromatic heterocycles. The van der Waals surface area contributed by atoms with Crippen molar-refractivity contribution in [1.29, 1.82) is 0 Å². The fourth-order valence-electron chi connectivity index (χ4n) is 4.05. The molecule has 0 saturated heterocycles. The Morgan fingerprint density at radius 3 is 2.19 bits per heavy atom. The van der Waals surface area contributed by atoms with Crippen molar-refractivity contribution < 1.29 is 24.2 Å². The second kappa shape index (κ2) is 9.14. The van der Waals surface area contributed by atoms with E-state index in [4.69, 9.17) is 9.47 Å². The number of nitrogens with zero attached hydrogens (tertiary/aromatic N) is 1. The Labute approximate surface area is 187 Å². The molecule has 1 atom stereocenters. The number of carbonyl (C=O) groups excluding carboxylic acids is 1. The Kier molecular flexibility index (Phi) is 6.12. The van der Waals surface area contributed by atoms with Crippen LogP contribution in [0.2, 0.25) is 0 Å². The number of aliphatic carboxylic acids is 1. The molecule has 0 spiro atoms. The molecule has 0 bridgehead atoms. The lowest BCUT2D eigenvalue weighted by atomic mass is 9.98. The third-order valence-electron chi connectivity index (χ3n) is 5.77. The van der Waals surface area contributed by atoms with Gasteiger partial charge in [-0.2, -0.15) is 0 Å². The summed E-state index contributed by atoms with van der Waals surface area (Å²) in [6.07, 6.45) is -0.702. The maximum atomic E-state index is 12.7. The van der Waals surface area contributed by atoms with Gasteiger partial charge in [0.2, 0.25) is 0 Å². The van der Waals surface area contributed by atoms with Crippen molar-refractivity contribution in [3.8, 4) is 16.9 Å². The summed E-state index contributed by atoms with van der Waals surface area (Å²) in [7, 11) is 1.41. The molecule has 3 aromatic rings. The Balaban J connectivity index is 1.43. The average Bonchev–Trinajstić information content (AvgIpc) is 3.11. The molecule has 6 nitrogen and oxygen atoms in total. The fraction of sp³-hybridized carbons (Fsp3) is 0.231. The highest BCUT2D eigenvalue weighted by Gasteiger charge is 2.32. The molecule has 0 radical (unpaired) electrons. The summed E-state index contributed by atoms with van der Waals surface area (Å²) in [5.74, 6) is -0.697. The van der Waals surface area contributed by atoms with Gasteiger partial charge in [-0.25, -0.2) is 9.59 Å². The van der Waals surface area contributed by atoms with E-state index in [1.54, 1.807) is 6.07 Å². The molecule has 32 heavy (non-hydrogen) atoms. The number of hydrogen-bond donors (Lipinski definition) is 1. The minimum atomic E-state index is -1.17. The highest BCUT2D eigenvalue weighted by atomic mass is 16.6. The zero-order chi connectivity index (χ0) is 22.7. The summed E-state index contributed by atoms with van der Waals surface area (Å²) in [5, 5.41) is 9.64. The molecule has 1 amide bonds. The highest BCUT2D eigenvalue weighted by Crippen LogP contribution is 2.44. The van der Waals surface area contributed by atoms with Crippen LogP contribution in [0.4, 0.5) is 4.79 Å². The van der Waals surface area contributed by atoms with E-state index in [-0.39, 0.29) is 19.1 Å². The number of carboxylic acid groups (broad SMARTS) is 1. The first-order chi connectivity index (χ1) is 15.5. The second-order valence-corrected chi connectivity index (χ2v) is 7.90. The van der Waals surface area contributed by atoms with Crippen molar-refractivity contribution in [3.63, 3.8) is 0 Å². The second-order valence-electron chi connectivity index (χ2n) is 7.90. The Bertz CT molecular complexity index is 1100. The van der Waals surface area contributed by atoms with Crippen LogP contribution in [0, 0.1) is 6.92 Å². The fourth-order valence-corrected chi connectivity index (χ4v) is 4.05. The third kappa shape index (κ3) is 4.30. The number of rotatable bonds is 7. The maximum absolute atomic E-state index is 12.7. The zero-order valence-electron chi connectivity index (χ0n) is 18.0. The van der Waals surface area contributed by atoms with Gasteiger partial charge in [-0.05, 0) is 46.9 Å². The zero-order valence-corrected chi connectivity index (χ0v) is 18.0. The van der Waals surface area contributed by atoms with E-state index in [1.807, 2.05) is 61.5 Å². The van der Waals surface area contributed by atoms with E-state index < -0.39 is 18.1 Å². The molecular formula is C26H25NO5. The van der Waals surface area contributed by atoms with Crippen LogP contribution < -0.4 is 4.74 Å². The molecule has 3 aromatic carbocycles. The van der Waals surface area contributed by atoms with Gasteiger partial charge in [-0.1, -0.05) is 60.7 Å². The maximum Gasteiger partial charge on any atom is 0.410 e. The van der Waals surface area contributed by atoms with Crippen LogP contribution in [0.1, 0.15) is 22.6 Å². The smallest absolute Gasteiger partial charge is 0.410 e. The van der Waals surface area contributed by atoms with E-state index in [9.17, 15) is 14.7 Å². The summed E-state index contributed by atoms with van der Waals surface area (Å²) in [5.41, 5.74) is 5.46. The standard InChI is InChI=1S/C26H25NO5/c1-17-8-7-9-18(14-17)31-16-24(25(28)29)27(2)26(30)32-15-23-21-12-5-3-10-19(21)20-11-4-6-13-22(20)23/h3-14,23-24H,15-16H2,1-2H3,(H,28,29). The normalized spacial score (nSPS) is 13.1. The highest BCUT2D eigenvalue weighted by molar-refractivity contribution is 5.81. The van der Waals surface area contributed by atoms with Crippen molar-refractivity contribution in [1.82, 2.24) is 4.90 Å². The van der Waals surface area contributed by atoms with E-state index >= 15 is 0 Å². The lowest BCUT2D eigenvalue weighted by Crippen LogP contribution is -2.46. The van der Waals surface area contributed by atoms with Crippen LogP contribution in [-0.4, -0.2) is 48.4 Å². The molecular weight excluding hydrogens is 406 g/mol. The molecule has 164 valence electrons. The number of benzene rings is 3. The molecule has 0 saturated carbocycles. The lowest BCUT2D eigenvalue weighted by molar-refractivity contribution is -0.143. The minimum absolute atomic E-state index is 0.0911. The van der Waals surface area contributed by atoms with Crippen molar-refractivity contribution >= 4 is 12.1 Å². The predicted octanol–water partition coefficient (Wildman–Crippen LogP) is 4.71. The number of amides is 1. The number of carboxylic acids is 1. The van der Waals surface area contributed by atoms with Crippen molar-refractivity contribution in [2.45, 2.75) is 18.9 Å². The first-order valence-corrected chi connectivity index (χ1v) is 10.5. The molecule has 0 aliphatic heterocycles. The monoisotopic (exact) mass is 431 g/mol. The summed E-state index contributed by atoms with van der Waals surface area (Å²) in [6, 6.07) is 22.2. The molecule has 6 heteroatoms. The van der Waals surface area contributed by atoms with Crippen LogP contribution >= 0.6 is 0 Å². The summed E-state index contributed by atoms with van der Waals surface area (Å²) >= 11 is 0. The molecule has 0 heterocycles. The number of aryl methyl sites for hydroxylation is 1. The largest absolute Gasteiger partial charge is 0.491 e. The molecule has 1 aliphatic rings. The molecule has 1 unspecified atom stereocenters. The summed E-state index contributed by atoms with van der Waals surface area (Å²) in [4.78, 5) is 25.6. The third-order valence-corrected chi connectivity index (χ3v) is 5.77. The van der Waals surface area contributed by atoms with Gasteiger partial charge < -0.3 is 14.6 Å².